The molecule has 1 aromatic rings. The van der Waals surface area contributed by atoms with Gasteiger partial charge in [-0.3, -0.25) is 9.69 Å². The van der Waals surface area contributed by atoms with Gasteiger partial charge in [-0.25, -0.2) is 4.98 Å². The fourth-order valence-corrected chi connectivity index (χ4v) is 2.33. The Bertz CT molecular complexity index is 469. The summed E-state index contributed by atoms with van der Waals surface area (Å²) in [6.07, 6.45) is 0. The molecule has 3 N–H and O–H groups in total. The van der Waals surface area contributed by atoms with Crippen LogP contribution >= 0.6 is 0 Å². The molecule has 0 saturated carbocycles. The average Bonchev–Trinajstić information content (AvgIpc) is 2.69. The van der Waals surface area contributed by atoms with Crippen LogP contribution in [0.2, 0.25) is 0 Å². The van der Waals surface area contributed by atoms with Gasteiger partial charge in [-0.2, -0.15) is 0 Å². The molecule has 78 valence electrons. The normalized spacial score (nSPS) is 18.9. The van der Waals surface area contributed by atoms with Gasteiger partial charge in [0.2, 0.25) is 0 Å². The van der Waals surface area contributed by atoms with E-state index >= 15 is 0 Å². The van der Waals surface area contributed by atoms with Gasteiger partial charge in [0.1, 0.15) is 5.82 Å². The zero-order chi connectivity index (χ0) is 10.6. The van der Waals surface area contributed by atoms with Crippen LogP contribution in [0.5, 0.6) is 0 Å². The van der Waals surface area contributed by atoms with E-state index in [0.717, 1.165) is 35.5 Å². The lowest BCUT2D eigenvalue weighted by Gasteiger charge is -2.06. The Kier molecular flexibility index (Phi) is 1.56. The summed E-state index contributed by atoms with van der Waals surface area (Å²) >= 11 is 0. The summed E-state index contributed by atoms with van der Waals surface area (Å²) in [5.74, 6) is 0.489. The molecule has 5 heteroatoms. The molecule has 0 unspecified atom stereocenters. The molecule has 1 amide bonds. The molecule has 1 aromatic heterocycles. The third kappa shape index (κ3) is 1.07. The van der Waals surface area contributed by atoms with E-state index < -0.39 is 0 Å². The highest BCUT2D eigenvalue weighted by atomic mass is 16.1. The Labute approximate surface area is 87.3 Å². The summed E-state index contributed by atoms with van der Waals surface area (Å²) in [5, 5.41) is 2.79. The van der Waals surface area contributed by atoms with E-state index in [9.17, 15) is 4.79 Å². The van der Waals surface area contributed by atoms with Crippen molar-refractivity contribution in [3.8, 4) is 0 Å². The van der Waals surface area contributed by atoms with Crippen LogP contribution in [0.25, 0.3) is 0 Å². The van der Waals surface area contributed by atoms with Gasteiger partial charge >= 0.3 is 0 Å². The highest BCUT2D eigenvalue weighted by Crippen LogP contribution is 2.31. The van der Waals surface area contributed by atoms with Crippen molar-refractivity contribution >= 4 is 11.7 Å². The Balaban J connectivity index is 2.27. The second-order valence-corrected chi connectivity index (χ2v) is 4.13. The zero-order valence-electron chi connectivity index (χ0n) is 8.50. The van der Waals surface area contributed by atoms with Crippen molar-refractivity contribution in [1.29, 1.82) is 0 Å². The predicted molar refractivity (Wildman–Crippen MR) is 55.0 cm³/mol. The van der Waals surface area contributed by atoms with Crippen molar-refractivity contribution in [2.24, 2.45) is 0 Å². The predicted octanol–water partition coefficient (Wildman–Crippen LogP) is -0.147. The van der Waals surface area contributed by atoms with Gasteiger partial charge < -0.3 is 11.1 Å². The number of hydrogen-bond acceptors (Lipinski definition) is 4. The number of carbonyl (C=O) groups is 1. The van der Waals surface area contributed by atoms with Crippen molar-refractivity contribution in [2.75, 3.05) is 12.8 Å². The van der Waals surface area contributed by atoms with Crippen LogP contribution in [0.1, 0.15) is 27.2 Å². The van der Waals surface area contributed by atoms with E-state index in [1.54, 1.807) is 0 Å². The number of nitrogens with one attached hydrogen (secondary N) is 1. The summed E-state index contributed by atoms with van der Waals surface area (Å²) in [6, 6.07) is 0. The van der Waals surface area contributed by atoms with Gasteiger partial charge in [0.05, 0.1) is 11.3 Å². The molecule has 5 nitrogen and oxygen atoms in total. The second kappa shape index (κ2) is 2.70. The number of rotatable bonds is 0. The van der Waals surface area contributed by atoms with Gasteiger partial charge in [0, 0.05) is 30.8 Å². The molecule has 15 heavy (non-hydrogen) atoms. The van der Waals surface area contributed by atoms with Gasteiger partial charge in [0.25, 0.3) is 5.91 Å². The quantitative estimate of drug-likeness (QED) is 0.616. The third-order valence-electron chi connectivity index (χ3n) is 3.02. The molecular formula is C10H12N4O. The first-order valence-corrected chi connectivity index (χ1v) is 4.93. The summed E-state index contributed by atoms with van der Waals surface area (Å²) in [5.41, 5.74) is 9.47. The standard InChI is InChI=1S/C10H12N4O/c1-14-3-6-7(4-14)13-9(11)5-2-12-10(15)8(5)6/h2-4H2,1H3,(H2,11,13)(H,12,15). The van der Waals surface area contributed by atoms with Crippen LogP contribution in [-0.4, -0.2) is 22.8 Å². The maximum Gasteiger partial charge on any atom is 0.252 e. The van der Waals surface area contributed by atoms with E-state index in [1.165, 1.54) is 0 Å². The smallest absolute Gasteiger partial charge is 0.252 e. The van der Waals surface area contributed by atoms with Gasteiger partial charge in [-0.1, -0.05) is 0 Å². The minimum atomic E-state index is -0.00866. The SMILES string of the molecule is CN1Cc2nc(N)c3c(c2C1)C(=O)NC3. The summed E-state index contributed by atoms with van der Waals surface area (Å²) in [4.78, 5) is 18.2. The number of nitrogen functional groups attached to an aromatic ring is 1. The van der Waals surface area contributed by atoms with E-state index in [1.807, 2.05) is 7.05 Å². The number of hydrogen-bond donors (Lipinski definition) is 2. The second-order valence-electron chi connectivity index (χ2n) is 4.13. The molecule has 0 saturated heterocycles. The molecule has 0 spiro atoms. The maximum absolute atomic E-state index is 11.7. The maximum atomic E-state index is 11.7. The van der Waals surface area contributed by atoms with Crippen molar-refractivity contribution in [2.45, 2.75) is 19.6 Å². The lowest BCUT2D eigenvalue weighted by Crippen LogP contribution is -2.14. The van der Waals surface area contributed by atoms with E-state index in [0.29, 0.717) is 12.4 Å². The fraction of sp³-hybridized carbons (Fsp3) is 0.400. The number of nitrogens with zero attached hydrogens (tertiary/aromatic N) is 2. The van der Waals surface area contributed by atoms with Crippen LogP contribution in [-0.2, 0) is 19.6 Å². The summed E-state index contributed by atoms with van der Waals surface area (Å²) in [6.45, 7) is 2.09. The molecule has 2 aliphatic heterocycles. The topological polar surface area (TPSA) is 71.2 Å². The molecule has 0 fully saturated rings. The third-order valence-corrected chi connectivity index (χ3v) is 3.02. The van der Waals surface area contributed by atoms with Crippen molar-refractivity contribution in [3.05, 3.63) is 22.4 Å². The Morgan fingerprint density at radius 2 is 2.20 bits per heavy atom. The first-order chi connectivity index (χ1) is 7.16. The molecule has 0 aliphatic carbocycles. The van der Waals surface area contributed by atoms with E-state index in [4.69, 9.17) is 5.73 Å². The van der Waals surface area contributed by atoms with Gasteiger partial charge in [-0.05, 0) is 7.05 Å². The molecule has 0 atom stereocenters. The molecule has 3 heterocycles. The Hall–Kier alpha value is -1.62. The average molecular weight is 204 g/mol. The van der Waals surface area contributed by atoms with Crippen LogP contribution in [0, 0.1) is 0 Å². The molecule has 2 aliphatic rings. The fourth-order valence-electron chi connectivity index (χ4n) is 2.33. The monoisotopic (exact) mass is 204 g/mol. The lowest BCUT2D eigenvalue weighted by atomic mass is 10.0. The number of anilines is 1. The lowest BCUT2D eigenvalue weighted by molar-refractivity contribution is 0.0964. The largest absolute Gasteiger partial charge is 0.383 e. The Morgan fingerprint density at radius 1 is 1.40 bits per heavy atom. The number of amides is 1. The minimum absolute atomic E-state index is 0.00866. The first-order valence-electron chi connectivity index (χ1n) is 4.93. The van der Waals surface area contributed by atoms with Gasteiger partial charge in [-0.15, -0.1) is 0 Å². The minimum Gasteiger partial charge on any atom is -0.383 e. The Morgan fingerprint density at radius 3 is 3.00 bits per heavy atom. The van der Waals surface area contributed by atoms with Crippen molar-refractivity contribution in [3.63, 3.8) is 0 Å². The number of pyridine rings is 1. The van der Waals surface area contributed by atoms with E-state index in [-0.39, 0.29) is 5.91 Å². The number of carbonyl (C=O) groups excluding carboxylic acids is 1. The van der Waals surface area contributed by atoms with Crippen molar-refractivity contribution in [1.82, 2.24) is 15.2 Å². The van der Waals surface area contributed by atoms with Crippen LogP contribution < -0.4 is 11.1 Å². The number of fused-ring (bicyclic) bond motifs is 3. The van der Waals surface area contributed by atoms with Crippen LogP contribution in [0.15, 0.2) is 0 Å². The number of aromatic nitrogens is 1. The molecule has 3 rings (SSSR count). The van der Waals surface area contributed by atoms with Crippen LogP contribution in [0.3, 0.4) is 0 Å². The molecular weight excluding hydrogens is 192 g/mol. The summed E-state index contributed by atoms with van der Waals surface area (Å²) in [7, 11) is 2.01. The zero-order valence-corrected chi connectivity index (χ0v) is 8.50. The molecule has 0 aromatic carbocycles. The number of nitrogens with two attached hydrogens (primary N) is 1. The highest BCUT2D eigenvalue weighted by molar-refractivity contribution is 6.01. The van der Waals surface area contributed by atoms with Crippen molar-refractivity contribution < 1.29 is 4.79 Å². The van der Waals surface area contributed by atoms with Crippen LogP contribution in [0.4, 0.5) is 5.82 Å². The highest BCUT2D eigenvalue weighted by Gasteiger charge is 2.31. The first kappa shape index (κ1) is 8.67. The molecule has 0 radical (unpaired) electrons. The van der Waals surface area contributed by atoms with Gasteiger partial charge in [0.15, 0.2) is 0 Å². The molecule has 0 bridgehead atoms. The van der Waals surface area contributed by atoms with E-state index in [2.05, 4.69) is 15.2 Å². The summed E-state index contributed by atoms with van der Waals surface area (Å²) < 4.78 is 0.